The summed E-state index contributed by atoms with van der Waals surface area (Å²) in [5.74, 6) is 2.02. The van der Waals surface area contributed by atoms with E-state index in [0.717, 1.165) is 53.3 Å². The van der Waals surface area contributed by atoms with Gasteiger partial charge in [0.1, 0.15) is 29.5 Å². The van der Waals surface area contributed by atoms with Crippen LogP contribution in [0, 0.1) is 5.82 Å². The largest absolute Gasteiger partial charge is 0.437 e. The van der Waals surface area contributed by atoms with Gasteiger partial charge in [-0.3, -0.25) is 0 Å². The zero-order valence-corrected chi connectivity index (χ0v) is 20.2. The molecule has 8 nitrogen and oxygen atoms in total. The minimum absolute atomic E-state index is 0.293. The lowest BCUT2D eigenvalue weighted by Crippen LogP contribution is -2.49. The predicted octanol–water partition coefficient (Wildman–Crippen LogP) is 3.85. The lowest BCUT2D eigenvalue weighted by molar-refractivity contribution is 0.145. The molecule has 2 aliphatic rings. The van der Waals surface area contributed by atoms with E-state index in [4.69, 9.17) is 9.40 Å². The van der Waals surface area contributed by atoms with Gasteiger partial charge in [-0.25, -0.2) is 19.3 Å². The van der Waals surface area contributed by atoms with Crippen molar-refractivity contribution in [2.45, 2.75) is 31.9 Å². The van der Waals surface area contributed by atoms with Gasteiger partial charge in [-0.05, 0) is 49.6 Å². The van der Waals surface area contributed by atoms with Gasteiger partial charge in [-0.15, -0.1) is 0 Å². The highest BCUT2D eigenvalue weighted by Gasteiger charge is 2.27. The summed E-state index contributed by atoms with van der Waals surface area (Å²) in [5.41, 5.74) is 2.93. The van der Waals surface area contributed by atoms with Crippen LogP contribution < -0.4 is 15.1 Å². The molecule has 1 atom stereocenters. The number of aromatic nitrogens is 3. The molecule has 0 amide bonds. The quantitative estimate of drug-likeness (QED) is 0.448. The molecule has 36 heavy (non-hydrogen) atoms. The molecule has 186 valence electrons. The van der Waals surface area contributed by atoms with Gasteiger partial charge in [-0.1, -0.05) is 12.1 Å². The SMILES string of the molecule is CC1CN(c2ccc(-c3oc4ncnc(N5CCC(O)CC5)c4c3-c3ccc(F)cc3)cn2)CCN1. The number of piperazine rings is 1. The van der Waals surface area contributed by atoms with Crippen molar-refractivity contribution in [3.63, 3.8) is 0 Å². The first kappa shape index (κ1) is 22.9. The average Bonchev–Trinajstić information content (AvgIpc) is 3.30. The molecule has 0 bridgehead atoms. The van der Waals surface area contributed by atoms with Crippen LogP contribution >= 0.6 is 0 Å². The van der Waals surface area contributed by atoms with Crippen LogP contribution in [0.4, 0.5) is 16.0 Å². The second-order valence-electron chi connectivity index (χ2n) is 9.61. The number of furan rings is 1. The molecule has 6 rings (SSSR count). The molecule has 3 aromatic heterocycles. The number of halogens is 1. The van der Waals surface area contributed by atoms with E-state index in [1.807, 2.05) is 18.3 Å². The van der Waals surface area contributed by atoms with E-state index in [-0.39, 0.29) is 11.9 Å². The first-order valence-corrected chi connectivity index (χ1v) is 12.5. The maximum Gasteiger partial charge on any atom is 0.232 e. The van der Waals surface area contributed by atoms with Crippen molar-refractivity contribution in [3.8, 4) is 22.5 Å². The fraction of sp³-hybridized carbons (Fsp3) is 0.370. The number of benzene rings is 1. The number of fused-ring (bicyclic) bond motifs is 1. The molecule has 2 fully saturated rings. The van der Waals surface area contributed by atoms with E-state index >= 15 is 0 Å². The van der Waals surface area contributed by atoms with Gasteiger partial charge in [0, 0.05) is 56.1 Å². The molecular weight excluding hydrogens is 459 g/mol. The van der Waals surface area contributed by atoms with E-state index in [0.29, 0.717) is 43.4 Å². The maximum atomic E-state index is 13.8. The Morgan fingerprint density at radius 1 is 0.972 bits per heavy atom. The van der Waals surface area contributed by atoms with Gasteiger partial charge in [-0.2, -0.15) is 0 Å². The fourth-order valence-electron chi connectivity index (χ4n) is 5.18. The van der Waals surface area contributed by atoms with Crippen LogP contribution in [0.2, 0.25) is 0 Å². The second kappa shape index (κ2) is 9.48. The summed E-state index contributed by atoms with van der Waals surface area (Å²) in [6.45, 7) is 6.29. The molecule has 0 spiro atoms. The Bertz CT molecular complexity index is 1350. The maximum absolute atomic E-state index is 13.8. The lowest BCUT2D eigenvalue weighted by atomic mass is 9.99. The molecule has 9 heteroatoms. The standard InChI is InChI=1S/C27H29FN6O2/c1-17-15-34(13-10-29-17)22-7-4-19(14-30-22)25-23(18-2-5-20(28)6-3-18)24-26(31-16-32-27(24)36-25)33-11-8-21(35)9-12-33/h2-7,14,16-17,21,29,35H,8-13,15H2,1H3. The predicted molar refractivity (Wildman–Crippen MR) is 138 cm³/mol. The van der Waals surface area contributed by atoms with Crippen LogP contribution in [0.15, 0.2) is 53.3 Å². The number of hydrogen-bond donors (Lipinski definition) is 2. The Labute approximate surface area is 208 Å². The number of hydrogen-bond acceptors (Lipinski definition) is 8. The first-order chi connectivity index (χ1) is 17.6. The van der Waals surface area contributed by atoms with E-state index < -0.39 is 0 Å². The van der Waals surface area contributed by atoms with Crippen LogP contribution in [-0.2, 0) is 0 Å². The smallest absolute Gasteiger partial charge is 0.232 e. The Hall–Kier alpha value is -3.56. The number of nitrogens with zero attached hydrogens (tertiary/aromatic N) is 5. The number of rotatable bonds is 4. The summed E-state index contributed by atoms with van der Waals surface area (Å²) in [6, 6.07) is 10.9. The second-order valence-corrected chi connectivity index (χ2v) is 9.61. The summed E-state index contributed by atoms with van der Waals surface area (Å²) in [6.07, 6.45) is 4.41. The number of aliphatic hydroxyl groups is 1. The zero-order chi connectivity index (χ0) is 24.6. The zero-order valence-electron chi connectivity index (χ0n) is 20.2. The fourth-order valence-corrected chi connectivity index (χ4v) is 5.18. The molecule has 2 saturated heterocycles. The third-order valence-electron chi connectivity index (χ3n) is 7.07. The molecule has 4 aromatic rings. The molecule has 0 radical (unpaired) electrons. The Balaban J connectivity index is 1.46. The number of aliphatic hydroxyl groups excluding tert-OH is 1. The monoisotopic (exact) mass is 488 g/mol. The van der Waals surface area contributed by atoms with E-state index in [1.165, 1.54) is 18.5 Å². The summed E-state index contributed by atoms with van der Waals surface area (Å²) < 4.78 is 20.2. The molecule has 2 aliphatic heterocycles. The molecule has 5 heterocycles. The van der Waals surface area contributed by atoms with Crippen LogP contribution in [0.3, 0.4) is 0 Å². The van der Waals surface area contributed by atoms with Gasteiger partial charge >= 0.3 is 0 Å². The van der Waals surface area contributed by atoms with Crippen molar-refractivity contribution >= 4 is 22.7 Å². The number of nitrogens with one attached hydrogen (secondary N) is 1. The summed E-state index contributed by atoms with van der Waals surface area (Å²) in [7, 11) is 0. The van der Waals surface area contributed by atoms with Crippen molar-refractivity contribution in [2.75, 3.05) is 42.5 Å². The molecule has 1 unspecified atom stereocenters. The molecular formula is C27H29FN6O2. The van der Waals surface area contributed by atoms with Crippen molar-refractivity contribution < 1.29 is 13.9 Å². The van der Waals surface area contributed by atoms with Gasteiger partial charge in [0.15, 0.2) is 0 Å². The minimum Gasteiger partial charge on any atom is -0.437 e. The third kappa shape index (κ3) is 4.29. The first-order valence-electron chi connectivity index (χ1n) is 12.5. The van der Waals surface area contributed by atoms with Gasteiger partial charge in [0.05, 0.1) is 11.5 Å². The van der Waals surface area contributed by atoms with Crippen LogP contribution in [-0.4, -0.2) is 64.9 Å². The van der Waals surface area contributed by atoms with Crippen molar-refractivity contribution in [3.05, 3.63) is 54.7 Å². The molecule has 0 saturated carbocycles. The minimum atomic E-state index is -0.300. The van der Waals surface area contributed by atoms with Crippen molar-refractivity contribution in [1.29, 1.82) is 0 Å². The van der Waals surface area contributed by atoms with Crippen LogP contribution in [0.5, 0.6) is 0 Å². The Kier molecular flexibility index (Phi) is 6.02. The summed E-state index contributed by atoms with van der Waals surface area (Å²) in [5, 5.41) is 14.2. The van der Waals surface area contributed by atoms with Crippen LogP contribution in [0.1, 0.15) is 19.8 Å². The highest BCUT2D eigenvalue weighted by molar-refractivity contribution is 6.06. The normalized spacial score (nSPS) is 19.2. The highest BCUT2D eigenvalue weighted by atomic mass is 19.1. The van der Waals surface area contributed by atoms with Gasteiger partial charge in [0.25, 0.3) is 0 Å². The summed E-state index contributed by atoms with van der Waals surface area (Å²) in [4.78, 5) is 18.3. The van der Waals surface area contributed by atoms with E-state index in [1.54, 1.807) is 12.1 Å². The Morgan fingerprint density at radius 3 is 2.47 bits per heavy atom. The van der Waals surface area contributed by atoms with Gasteiger partial charge < -0.3 is 24.6 Å². The number of anilines is 2. The van der Waals surface area contributed by atoms with E-state index in [9.17, 15) is 9.50 Å². The van der Waals surface area contributed by atoms with Crippen LogP contribution in [0.25, 0.3) is 33.6 Å². The molecule has 2 N–H and O–H groups in total. The van der Waals surface area contributed by atoms with Crippen molar-refractivity contribution in [1.82, 2.24) is 20.3 Å². The highest BCUT2D eigenvalue weighted by Crippen LogP contribution is 2.43. The molecule has 0 aliphatic carbocycles. The topological polar surface area (TPSA) is 90.6 Å². The lowest BCUT2D eigenvalue weighted by Gasteiger charge is -2.32. The number of pyridine rings is 1. The third-order valence-corrected chi connectivity index (χ3v) is 7.07. The number of piperidine rings is 1. The summed E-state index contributed by atoms with van der Waals surface area (Å²) >= 11 is 0. The Morgan fingerprint density at radius 2 is 1.75 bits per heavy atom. The molecule has 1 aromatic carbocycles. The average molecular weight is 489 g/mol. The van der Waals surface area contributed by atoms with E-state index in [2.05, 4.69) is 32.0 Å². The van der Waals surface area contributed by atoms with Gasteiger partial charge in [0.2, 0.25) is 5.71 Å². The van der Waals surface area contributed by atoms with Crippen molar-refractivity contribution in [2.24, 2.45) is 0 Å².